The van der Waals surface area contributed by atoms with Gasteiger partial charge in [-0.15, -0.1) is 0 Å². The molecule has 1 fully saturated rings. The number of nitrogens with zero attached hydrogens (tertiary/aromatic N) is 3. The van der Waals surface area contributed by atoms with Gasteiger partial charge in [0, 0.05) is 17.6 Å². The van der Waals surface area contributed by atoms with Gasteiger partial charge in [-0.05, 0) is 45.6 Å². The van der Waals surface area contributed by atoms with Gasteiger partial charge in [-0.3, -0.25) is 0 Å². The van der Waals surface area contributed by atoms with Crippen LogP contribution in [0.25, 0.3) is 4.85 Å². The van der Waals surface area contributed by atoms with E-state index < -0.39 is 11.0 Å². The van der Waals surface area contributed by atoms with Crippen LogP contribution in [0.4, 0.5) is 10.5 Å². The maximum absolute atomic E-state index is 12.2. The van der Waals surface area contributed by atoms with Crippen molar-refractivity contribution in [3.8, 4) is 6.07 Å². The van der Waals surface area contributed by atoms with Crippen molar-refractivity contribution in [3.05, 3.63) is 39.7 Å². The normalized spacial score (nSPS) is 16.6. The van der Waals surface area contributed by atoms with Crippen molar-refractivity contribution < 1.29 is 9.53 Å². The van der Waals surface area contributed by atoms with Gasteiger partial charge in [-0.1, -0.05) is 34.1 Å². The summed E-state index contributed by atoms with van der Waals surface area (Å²) in [4.78, 5) is 17.4. The average molecular weight is 404 g/mol. The number of carbonyl (C=O) groups excluding carboxylic acids is 1. The number of likely N-dealkylation sites (tertiary alicyclic amines) is 1. The third kappa shape index (κ3) is 4.74. The smallest absolute Gasteiger partial charge is 0.410 e. The number of benzene rings is 1. The van der Waals surface area contributed by atoms with Crippen LogP contribution in [0.2, 0.25) is 0 Å². The molecule has 0 N–H and O–H groups in total. The van der Waals surface area contributed by atoms with Crippen LogP contribution in [0.1, 0.15) is 39.2 Å². The number of hydrogen-bond acceptors (Lipinski definition) is 3. The summed E-state index contributed by atoms with van der Waals surface area (Å²) in [6.07, 6.45) is 1.31. The van der Waals surface area contributed by atoms with Gasteiger partial charge in [0.25, 0.3) is 0 Å². The molecule has 1 saturated heterocycles. The first-order chi connectivity index (χ1) is 11.7. The molecule has 1 aliphatic rings. The summed E-state index contributed by atoms with van der Waals surface area (Å²) in [6, 6.07) is 7.94. The minimum Gasteiger partial charge on any atom is -0.444 e. The fourth-order valence-corrected chi connectivity index (χ4v) is 3.43. The van der Waals surface area contributed by atoms with Crippen LogP contribution in [0.15, 0.2) is 22.7 Å². The lowest BCUT2D eigenvalue weighted by atomic mass is 9.75. The van der Waals surface area contributed by atoms with Gasteiger partial charge in [0.1, 0.15) is 5.60 Å². The lowest BCUT2D eigenvalue weighted by molar-refractivity contribution is 0.0148. The van der Waals surface area contributed by atoms with E-state index in [9.17, 15) is 10.1 Å². The second-order valence-corrected chi connectivity index (χ2v) is 8.24. The molecule has 1 aromatic carbocycles. The molecule has 2 rings (SSSR count). The lowest BCUT2D eigenvalue weighted by Crippen LogP contribution is -2.45. The molecule has 0 aliphatic carbocycles. The monoisotopic (exact) mass is 403 g/mol. The van der Waals surface area contributed by atoms with Crippen molar-refractivity contribution in [2.75, 3.05) is 13.1 Å². The highest BCUT2D eigenvalue weighted by Crippen LogP contribution is 2.39. The van der Waals surface area contributed by atoms with Crippen molar-refractivity contribution in [2.45, 2.75) is 45.6 Å². The standard InChI is InChI=1S/C19H22BrN3O2/c1-18(2,3)25-17(24)23-10-8-19(13-21,9-11-23)12-14-15(20)6-5-7-16(14)22-4/h5-7H,8-12H2,1-3H3. The third-order valence-corrected chi connectivity index (χ3v) is 5.08. The van der Waals surface area contributed by atoms with Gasteiger partial charge in [0.15, 0.2) is 5.69 Å². The number of piperidine rings is 1. The number of rotatable bonds is 2. The predicted octanol–water partition coefficient (Wildman–Crippen LogP) is 5.08. The molecule has 1 aliphatic heterocycles. The number of halogens is 1. The van der Waals surface area contributed by atoms with E-state index in [0.717, 1.165) is 10.0 Å². The second-order valence-electron chi connectivity index (χ2n) is 7.39. The minimum absolute atomic E-state index is 0.332. The van der Waals surface area contributed by atoms with Crippen molar-refractivity contribution >= 4 is 27.7 Å². The van der Waals surface area contributed by atoms with Gasteiger partial charge in [-0.2, -0.15) is 5.26 Å². The summed E-state index contributed by atoms with van der Waals surface area (Å²) in [5.74, 6) is 0. The number of ether oxygens (including phenoxy) is 1. The lowest BCUT2D eigenvalue weighted by Gasteiger charge is -2.38. The van der Waals surface area contributed by atoms with Crippen LogP contribution in [0.5, 0.6) is 0 Å². The Labute approximate surface area is 157 Å². The fraction of sp³-hybridized carbons (Fsp3) is 0.526. The molecule has 0 atom stereocenters. The maximum atomic E-state index is 12.2. The van der Waals surface area contributed by atoms with Crippen LogP contribution in [0, 0.1) is 23.3 Å². The molecule has 0 spiro atoms. The molecule has 0 aromatic heterocycles. The SMILES string of the molecule is [C-]#[N+]c1cccc(Br)c1CC1(C#N)CCN(C(=O)OC(C)(C)C)CC1. The van der Waals surface area contributed by atoms with Gasteiger partial charge in [-0.25, -0.2) is 9.64 Å². The largest absolute Gasteiger partial charge is 0.444 e. The molecular formula is C19H22BrN3O2. The van der Waals surface area contributed by atoms with E-state index in [4.69, 9.17) is 11.3 Å². The van der Waals surface area contributed by atoms with Gasteiger partial charge in [0.05, 0.1) is 18.1 Å². The van der Waals surface area contributed by atoms with Crippen molar-refractivity contribution in [2.24, 2.45) is 5.41 Å². The molecule has 0 saturated carbocycles. The third-order valence-electron chi connectivity index (χ3n) is 4.34. The molecule has 6 heteroatoms. The summed E-state index contributed by atoms with van der Waals surface area (Å²) in [7, 11) is 0. The summed E-state index contributed by atoms with van der Waals surface area (Å²) in [5, 5.41) is 9.79. The zero-order chi connectivity index (χ0) is 18.7. The number of carbonyl (C=O) groups is 1. The minimum atomic E-state index is -0.568. The number of nitriles is 1. The quantitative estimate of drug-likeness (QED) is 0.646. The Balaban J connectivity index is 2.12. The second kappa shape index (κ2) is 7.45. The number of amides is 1. The van der Waals surface area contributed by atoms with Crippen LogP contribution in [-0.4, -0.2) is 29.7 Å². The van der Waals surface area contributed by atoms with Crippen LogP contribution in [-0.2, 0) is 11.2 Å². The van der Waals surface area contributed by atoms with Gasteiger partial charge >= 0.3 is 6.09 Å². The molecule has 1 aromatic rings. The first kappa shape index (κ1) is 19.3. The molecule has 132 valence electrons. The molecule has 5 nitrogen and oxygen atoms in total. The zero-order valence-corrected chi connectivity index (χ0v) is 16.4. The Morgan fingerprint density at radius 3 is 2.60 bits per heavy atom. The summed E-state index contributed by atoms with van der Waals surface area (Å²) >= 11 is 3.50. The van der Waals surface area contributed by atoms with Gasteiger partial charge < -0.3 is 9.64 Å². The Morgan fingerprint density at radius 2 is 2.08 bits per heavy atom. The molecule has 1 amide bonds. The van der Waals surface area contributed by atoms with E-state index in [1.807, 2.05) is 32.9 Å². The first-order valence-corrected chi connectivity index (χ1v) is 9.03. The van der Waals surface area contributed by atoms with Crippen molar-refractivity contribution in [1.29, 1.82) is 5.26 Å². The topological polar surface area (TPSA) is 57.7 Å². The highest BCUT2D eigenvalue weighted by Gasteiger charge is 2.38. The molecule has 25 heavy (non-hydrogen) atoms. The zero-order valence-electron chi connectivity index (χ0n) is 14.8. The fourth-order valence-electron chi connectivity index (χ4n) is 2.94. The molecule has 1 heterocycles. The average Bonchev–Trinajstić information content (AvgIpc) is 2.55. The molecule has 0 bridgehead atoms. The molecular weight excluding hydrogens is 382 g/mol. The highest BCUT2D eigenvalue weighted by molar-refractivity contribution is 9.10. The van der Waals surface area contributed by atoms with Gasteiger partial charge in [0.2, 0.25) is 0 Å². The van der Waals surface area contributed by atoms with E-state index in [1.165, 1.54) is 0 Å². The van der Waals surface area contributed by atoms with Crippen LogP contribution < -0.4 is 0 Å². The van der Waals surface area contributed by atoms with Crippen molar-refractivity contribution in [3.63, 3.8) is 0 Å². The summed E-state index contributed by atoms with van der Waals surface area (Å²) in [6.45, 7) is 13.8. The van der Waals surface area contributed by atoms with Crippen molar-refractivity contribution in [1.82, 2.24) is 4.90 Å². The van der Waals surface area contributed by atoms with Crippen LogP contribution >= 0.6 is 15.9 Å². The summed E-state index contributed by atoms with van der Waals surface area (Å²) in [5.41, 5.74) is 0.339. The van der Waals surface area contributed by atoms with Crippen LogP contribution in [0.3, 0.4) is 0 Å². The van der Waals surface area contributed by atoms with E-state index >= 15 is 0 Å². The highest BCUT2D eigenvalue weighted by atomic mass is 79.9. The van der Waals surface area contributed by atoms with E-state index in [1.54, 1.807) is 11.0 Å². The molecule has 0 unspecified atom stereocenters. The molecule has 0 radical (unpaired) electrons. The predicted molar refractivity (Wildman–Crippen MR) is 99.2 cm³/mol. The Morgan fingerprint density at radius 1 is 1.44 bits per heavy atom. The summed E-state index contributed by atoms with van der Waals surface area (Å²) < 4.78 is 6.26. The Kier molecular flexibility index (Phi) is 5.75. The first-order valence-electron chi connectivity index (χ1n) is 8.24. The Hall–Kier alpha value is -2.05. The maximum Gasteiger partial charge on any atom is 0.410 e. The number of hydrogen-bond donors (Lipinski definition) is 0. The van der Waals surface area contributed by atoms with E-state index in [-0.39, 0.29) is 6.09 Å². The van der Waals surface area contributed by atoms with E-state index in [2.05, 4.69) is 26.8 Å². The Bertz CT molecular complexity index is 733. The van der Waals surface area contributed by atoms with E-state index in [0.29, 0.717) is 38.0 Å².